The van der Waals surface area contributed by atoms with Crippen molar-refractivity contribution in [3.8, 4) is 0 Å². The molecule has 0 unspecified atom stereocenters. The first kappa shape index (κ1) is 15.9. The minimum atomic E-state index is -0.348. The van der Waals surface area contributed by atoms with Crippen molar-refractivity contribution in [2.45, 2.75) is 19.4 Å². The topological polar surface area (TPSA) is 59.8 Å². The van der Waals surface area contributed by atoms with Gasteiger partial charge in [0.2, 0.25) is 5.91 Å². The summed E-state index contributed by atoms with van der Waals surface area (Å²) < 4.78 is 14.9. The summed E-state index contributed by atoms with van der Waals surface area (Å²) in [5.41, 5.74) is 1.62. The van der Waals surface area contributed by atoms with Gasteiger partial charge in [0.25, 0.3) is 0 Å². The third-order valence-electron chi connectivity index (χ3n) is 3.49. The first-order valence-corrected chi connectivity index (χ1v) is 7.67. The summed E-state index contributed by atoms with van der Waals surface area (Å²) in [6, 6.07) is 13.5. The average Bonchev–Trinajstić information content (AvgIpc) is 3.01. The Bertz CT molecular complexity index is 817. The van der Waals surface area contributed by atoms with E-state index in [1.54, 1.807) is 35.3 Å². The van der Waals surface area contributed by atoms with Crippen LogP contribution in [0.3, 0.4) is 0 Å². The highest BCUT2D eigenvalue weighted by Crippen LogP contribution is 2.08. The van der Waals surface area contributed by atoms with Crippen LogP contribution in [0.1, 0.15) is 11.3 Å². The molecular weight excluding hydrogens is 307 g/mol. The predicted molar refractivity (Wildman–Crippen MR) is 88.9 cm³/mol. The molecule has 1 aromatic carbocycles. The van der Waals surface area contributed by atoms with Crippen LogP contribution in [0.25, 0.3) is 0 Å². The Balaban J connectivity index is 1.53. The molecule has 3 rings (SSSR count). The number of carbonyl (C=O) groups is 1. The number of amides is 1. The number of nitrogens with one attached hydrogen (secondary N) is 1. The van der Waals surface area contributed by atoms with Crippen LogP contribution in [-0.2, 0) is 24.2 Å². The predicted octanol–water partition coefficient (Wildman–Crippen LogP) is 2.84. The van der Waals surface area contributed by atoms with Crippen molar-refractivity contribution in [2.24, 2.45) is 0 Å². The normalized spacial score (nSPS) is 10.5. The van der Waals surface area contributed by atoms with Crippen LogP contribution in [0.5, 0.6) is 0 Å². The number of anilines is 1. The molecule has 122 valence electrons. The van der Waals surface area contributed by atoms with Gasteiger partial charge in [-0.2, -0.15) is 5.10 Å². The molecule has 24 heavy (non-hydrogen) atoms. The van der Waals surface area contributed by atoms with Gasteiger partial charge in [-0.1, -0.05) is 18.2 Å². The van der Waals surface area contributed by atoms with Crippen molar-refractivity contribution >= 4 is 11.7 Å². The van der Waals surface area contributed by atoms with Crippen molar-refractivity contribution in [3.63, 3.8) is 0 Å². The summed E-state index contributed by atoms with van der Waals surface area (Å²) in [5.74, 6) is -0.0906. The van der Waals surface area contributed by atoms with Crippen LogP contribution in [0.4, 0.5) is 10.2 Å². The zero-order chi connectivity index (χ0) is 16.8. The Morgan fingerprint density at radius 2 is 2.08 bits per heavy atom. The monoisotopic (exact) mass is 324 g/mol. The molecule has 0 aliphatic rings. The Labute approximate surface area is 139 Å². The fourth-order valence-electron chi connectivity index (χ4n) is 2.35. The van der Waals surface area contributed by atoms with Gasteiger partial charge in [0.1, 0.15) is 5.82 Å². The SMILES string of the molecule is O=C(Cc1cccc(F)c1)Nc1ccn(CCc2ccccn2)n1. The lowest BCUT2D eigenvalue weighted by molar-refractivity contribution is -0.115. The van der Waals surface area contributed by atoms with Gasteiger partial charge < -0.3 is 5.32 Å². The van der Waals surface area contributed by atoms with Gasteiger partial charge in [0.05, 0.1) is 6.42 Å². The molecule has 0 bridgehead atoms. The molecule has 0 radical (unpaired) electrons. The van der Waals surface area contributed by atoms with E-state index in [0.717, 1.165) is 12.1 Å². The van der Waals surface area contributed by atoms with E-state index < -0.39 is 0 Å². The molecule has 2 heterocycles. The number of hydrogen-bond acceptors (Lipinski definition) is 3. The summed E-state index contributed by atoms with van der Waals surface area (Å²) in [5, 5.41) is 7.03. The minimum absolute atomic E-state index is 0.110. The molecule has 0 fully saturated rings. The fraction of sp³-hybridized carbons (Fsp3) is 0.167. The first-order chi connectivity index (χ1) is 11.7. The van der Waals surface area contributed by atoms with Crippen molar-refractivity contribution in [1.29, 1.82) is 0 Å². The number of halogens is 1. The molecule has 1 N–H and O–H groups in total. The molecule has 6 heteroatoms. The summed E-state index contributed by atoms with van der Waals surface area (Å²) in [6.07, 6.45) is 4.44. The first-order valence-electron chi connectivity index (χ1n) is 7.67. The molecule has 0 aliphatic heterocycles. The molecule has 2 aromatic heterocycles. The maximum atomic E-state index is 13.1. The molecule has 0 atom stereocenters. The summed E-state index contributed by atoms with van der Waals surface area (Å²) in [4.78, 5) is 16.3. The van der Waals surface area contributed by atoms with Crippen molar-refractivity contribution in [2.75, 3.05) is 5.32 Å². The quantitative estimate of drug-likeness (QED) is 0.758. The van der Waals surface area contributed by atoms with Crippen molar-refractivity contribution < 1.29 is 9.18 Å². The highest BCUT2D eigenvalue weighted by molar-refractivity contribution is 5.91. The highest BCUT2D eigenvalue weighted by atomic mass is 19.1. The lowest BCUT2D eigenvalue weighted by Gasteiger charge is -2.03. The smallest absolute Gasteiger partial charge is 0.229 e. The summed E-state index contributed by atoms with van der Waals surface area (Å²) in [6.45, 7) is 0.677. The van der Waals surface area contributed by atoms with E-state index in [-0.39, 0.29) is 18.1 Å². The van der Waals surface area contributed by atoms with E-state index in [1.165, 1.54) is 12.1 Å². The van der Waals surface area contributed by atoms with Crippen molar-refractivity contribution in [3.05, 3.63) is 78.0 Å². The third kappa shape index (κ3) is 4.49. The number of rotatable bonds is 6. The average molecular weight is 324 g/mol. The van der Waals surface area contributed by atoms with E-state index in [9.17, 15) is 9.18 Å². The Kier molecular flexibility index (Phi) is 4.96. The molecule has 0 aliphatic carbocycles. The summed E-state index contributed by atoms with van der Waals surface area (Å²) >= 11 is 0. The van der Waals surface area contributed by atoms with Crippen molar-refractivity contribution in [1.82, 2.24) is 14.8 Å². The van der Waals surface area contributed by atoms with Crippen LogP contribution in [0.15, 0.2) is 60.9 Å². The number of aryl methyl sites for hydroxylation is 2. The van der Waals surface area contributed by atoms with Crippen LogP contribution in [-0.4, -0.2) is 20.7 Å². The van der Waals surface area contributed by atoms with E-state index in [0.29, 0.717) is 17.9 Å². The van der Waals surface area contributed by atoms with Gasteiger partial charge >= 0.3 is 0 Å². The Hall–Kier alpha value is -3.02. The molecule has 0 saturated carbocycles. The largest absolute Gasteiger partial charge is 0.309 e. The number of pyridine rings is 1. The van der Waals surface area contributed by atoms with Crippen LogP contribution in [0, 0.1) is 5.82 Å². The number of aromatic nitrogens is 3. The minimum Gasteiger partial charge on any atom is -0.309 e. The number of benzene rings is 1. The Morgan fingerprint density at radius 3 is 2.88 bits per heavy atom. The van der Waals surface area contributed by atoms with Crippen LogP contribution >= 0.6 is 0 Å². The van der Waals surface area contributed by atoms with E-state index in [2.05, 4.69) is 15.4 Å². The highest BCUT2D eigenvalue weighted by Gasteiger charge is 2.07. The number of hydrogen-bond donors (Lipinski definition) is 1. The summed E-state index contributed by atoms with van der Waals surface area (Å²) in [7, 11) is 0. The van der Waals surface area contributed by atoms with E-state index in [4.69, 9.17) is 0 Å². The van der Waals surface area contributed by atoms with Gasteiger partial charge in [-0.05, 0) is 29.8 Å². The van der Waals surface area contributed by atoms with Crippen LogP contribution < -0.4 is 5.32 Å². The Morgan fingerprint density at radius 1 is 1.17 bits per heavy atom. The lowest BCUT2D eigenvalue weighted by Crippen LogP contribution is -2.15. The maximum Gasteiger partial charge on any atom is 0.229 e. The molecule has 3 aromatic rings. The number of carbonyl (C=O) groups excluding carboxylic acids is 1. The van der Waals surface area contributed by atoms with Gasteiger partial charge in [-0.15, -0.1) is 0 Å². The van der Waals surface area contributed by atoms with Gasteiger partial charge in [-0.25, -0.2) is 4.39 Å². The second-order valence-electron chi connectivity index (χ2n) is 5.39. The zero-order valence-corrected chi connectivity index (χ0v) is 13.0. The second-order valence-corrected chi connectivity index (χ2v) is 5.39. The van der Waals surface area contributed by atoms with Gasteiger partial charge in [-0.3, -0.25) is 14.5 Å². The lowest BCUT2D eigenvalue weighted by atomic mass is 10.1. The zero-order valence-electron chi connectivity index (χ0n) is 13.0. The van der Waals surface area contributed by atoms with Gasteiger partial charge in [0.15, 0.2) is 5.82 Å². The standard InChI is InChI=1S/C18H17FN4O/c19-15-5-3-4-14(12-15)13-18(24)21-17-8-11-23(22-17)10-7-16-6-1-2-9-20-16/h1-6,8-9,11-12H,7,10,13H2,(H,21,22,24). The van der Waals surface area contributed by atoms with E-state index >= 15 is 0 Å². The molecule has 1 amide bonds. The number of nitrogens with zero attached hydrogens (tertiary/aromatic N) is 3. The van der Waals surface area contributed by atoms with E-state index in [1.807, 2.05) is 18.2 Å². The molecule has 5 nitrogen and oxygen atoms in total. The maximum absolute atomic E-state index is 13.1. The third-order valence-corrected chi connectivity index (χ3v) is 3.49. The van der Waals surface area contributed by atoms with Crippen LogP contribution in [0.2, 0.25) is 0 Å². The molecule has 0 saturated heterocycles. The van der Waals surface area contributed by atoms with Gasteiger partial charge in [0, 0.05) is 37.1 Å². The second kappa shape index (κ2) is 7.50. The molecular formula is C18H17FN4O. The fourth-order valence-corrected chi connectivity index (χ4v) is 2.35. The molecule has 0 spiro atoms.